The van der Waals surface area contributed by atoms with Gasteiger partial charge in [-0.05, 0) is 34.0 Å². The Balaban J connectivity index is 1.43. The zero-order valence-corrected chi connectivity index (χ0v) is 15.5. The van der Waals surface area contributed by atoms with E-state index in [-0.39, 0.29) is 11.1 Å². The molecule has 0 aliphatic carbocycles. The Labute approximate surface area is 160 Å². The van der Waals surface area contributed by atoms with E-state index < -0.39 is 0 Å². The molecule has 4 aromatic heterocycles. The number of H-pyrrole nitrogens is 1. The molecule has 1 aromatic carbocycles. The number of hydrogen-bond acceptors (Lipinski definition) is 8. The molecular formula is C17H12N6O2S2. The summed E-state index contributed by atoms with van der Waals surface area (Å²) in [5, 5.41) is 15.4. The summed E-state index contributed by atoms with van der Waals surface area (Å²) >= 11 is 3.08. The van der Waals surface area contributed by atoms with Crippen LogP contribution in [0.15, 0.2) is 56.1 Å². The van der Waals surface area contributed by atoms with E-state index >= 15 is 0 Å². The number of nitrogens with one attached hydrogen (secondary N) is 1. The zero-order chi connectivity index (χ0) is 18.2. The highest BCUT2D eigenvalue weighted by molar-refractivity contribution is 7.98. The molecule has 0 aliphatic heterocycles. The van der Waals surface area contributed by atoms with Crippen LogP contribution in [0.5, 0.6) is 0 Å². The number of furan rings is 1. The van der Waals surface area contributed by atoms with Crippen LogP contribution in [0.1, 0.15) is 10.7 Å². The Morgan fingerprint density at radius 1 is 1.22 bits per heavy atom. The van der Waals surface area contributed by atoms with Gasteiger partial charge in [-0.3, -0.25) is 4.79 Å². The Kier molecular flexibility index (Phi) is 3.98. The largest absolute Gasteiger partial charge is 0.449 e. The van der Waals surface area contributed by atoms with Crippen molar-refractivity contribution in [1.29, 1.82) is 0 Å². The van der Waals surface area contributed by atoms with Crippen LogP contribution in [0.2, 0.25) is 0 Å². The van der Waals surface area contributed by atoms with Gasteiger partial charge in [0.25, 0.3) is 5.56 Å². The van der Waals surface area contributed by atoms with Gasteiger partial charge in [-0.2, -0.15) is 0 Å². The fourth-order valence-corrected chi connectivity index (χ4v) is 4.23. The van der Waals surface area contributed by atoms with Crippen molar-refractivity contribution in [3.8, 4) is 0 Å². The number of tetrazole rings is 1. The number of rotatable bonds is 5. The molecule has 0 radical (unpaired) electrons. The van der Waals surface area contributed by atoms with Crippen molar-refractivity contribution in [2.75, 3.05) is 0 Å². The summed E-state index contributed by atoms with van der Waals surface area (Å²) < 4.78 is 7.35. The number of nitrogens with zero attached hydrogens (tertiary/aromatic N) is 5. The van der Waals surface area contributed by atoms with Crippen molar-refractivity contribution in [2.24, 2.45) is 0 Å². The normalized spacial score (nSPS) is 11.6. The molecule has 0 atom stereocenters. The lowest BCUT2D eigenvalue weighted by Gasteiger charge is -2.03. The first-order chi connectivity index (χ1) is 13.3. The first-order valence-electron chi connectivity index (χ1n) is 8.10. The summed E-state index contributed by atoms with van der Waals surface area (Å²) in [7, 11) is 0. The monoisotopic (exact) mass is 396 g/mol. The molecule has 1 N–H and O–H groups in total. The van der Waals surface area contributed by atoms with Gasteiger partial charge in [0.05, 0.1) is 12.3 Å². The predicted octanol–water partition coefficient (Wildman–Crippen LogP) is 3.06. The number of hydrogen-bond donors (Lipinski definition) is 1. The highest BCUT2D eigenvalue weighted by Crippen LogP contribution is 2.26. The summed E-state index contributed by atoms with van der Waals surface area (Å²) in [5.74, 6) is 0.991. The average Bonchev–Trinajstić information content (AvgIpc) is 3.41. The van der Waals surface area contributed by atoms with Gasteiger partial charge in [-0.1, -0.05) is 30.0 Å². The van der Waals surface area contributed by atoms with E-state index in [1.54, 1.807) is 16.0 Å². The van der Waals surface area contributed by atoms with Gasteiger partial charge in [0, 0.05) is 10.3 Å². The maximum atomic E-state index is 12.4. The fourth-order valence-electron chi connectivity index (χ4n) is 2.80. The first kappa shape index (κ1) is 16.2. The molecule has 0 fully saturated rings. The van der Waals surface area contributed by atoms with Crippen molar-refractivity contribution >= 4 is 45.2 Å². The highest BCUT2D eigenvalue weighted by atomic mass is 32.2. The molecule has 27 heavy (non-hydrogen) atoms. The van der Waals surface area contributed by atoms with Crippen molar-refractivity contribution in [3.63, 3.8) is 0 Å². The number of para-hydroxylation sites is 1. The van der Waals surface area contributed by atoms with Gasteiger partial charge in [-0.15, -0.1) is 16.4 Å². The summed E-state index contributed by atoms with van der Waals surface area (Å²) in [6.07, 6.45) is 0. The lowest BCUT2D eigenvalue weighted by Crippen LogP contribution is -2.10. The summed E-state index contributed by atoms with van der Waals surface area (Å²) in [4.78, 5) is 20.9. The van der Waals surface area contributed by atoms with Crippen LogP contribution < -0.4 is 5.56 Å². The van der Waals surface area contributed by atoms with Gasteiger partial charge in [0.2, 0.25) is 10.7 Å². The first-order valence-corrected chi connectivity index (χ1v) is 9.96. The summed E-state index contributed by atoms with van der Waals surface area (Å²) in [5.41, 5.74) is 1.18. The third-order valence-corrected chi connectivity index (χ3v) is 5.83. The highest BCUT2D eigenvalue weighted by Gasteiger charge is 2.14. The minimum Gasteiger partial charge on any atom is -0.449 e. The molecule has 10 heteroatoms. The zero-order valence-electron chi connectivity index (χ0n) is 13.8. The standard InChI is InChI=1S/C17H12N6O2S2/c24-16-15-14(11-5-1-2-6-12(11)25-15)18-13(19-16)9-27-17-20-21-22-23(17)8-10-4-3-7-26-10/h1-7H,8-9H2,(H,18,19,24). The molecule has 0 unspecified atom stereocenters. The number of thiophene rings is 1. The average molecular weight is 396 g/mol. The Morgan fingerprint density at radius 3 is 3.04 bits per heavy atom. The molecule has 0 spiro atoms. The number of thioether (sulfide) groups is 1. The number of fused-ring (bicyclic) bond motifs is 3. The summed E-state index contributed by atoms with van der Waals surface area (Å²) in [6.45, 7) is 0.613. The second-order valence-corrected chi connectivity index (χ2v) is 7.75. The number of benzene rings is 1. The van der Waals surface area contributed by atoms with E-state index in [1.807, 2.05) is 41.8 Å². The van der Waals surface area contributed by atoms with Crippen LogP contribution in [-0.4, -0.2) is 30.2 Å². The lowest BCUT2D eigenvalue weighted by atomic mass is 10.2. The van der Waals surface area contributed by atoms with E-state index in [1.165, 1.54) is 16.6 Å². The van der Waals surface area contributed by atoms with Crippen LogP contribution in [-0.2, 0) is 12.3 Å². The smallest absolute Gasteiger partial charge is 0.294 e. The molecule has 4 heterocycles. The topological polar surface area (TPSA) is 102 Å². The molecule has 5 aromatic rings. The van der Waals surface area contributed by atoms with Gasteiger partial charge >= 0.3 is 0 Å². The van der Waals surface area contributed by atoms with Crippen LogP contribution in [0.3, 0.4) is 0 Å². The molecule has 134 valence electrons. The molecular weight excluding hydrogens is 384 g/mol. The fraction of sp³-hybridized carbons (Fsp3) is 0.118. The van der Waals surface area contributed by atoms with Crippen LogP contribution in [0.25, 0.3) is 22.1 Å². The van der Waals surface area contributed by atoms with Crippen LogP contribution in [0.4, 0.5) is 0 Å². The van der Waals surface area contributed by atoms with E-state index in [4.69, 9.17) is 4.42 Å². The lowest BCUT2D eigenvalue weighted by molar-refractivity contribution is 0.608. The van der Waals surface area contributed by atoms with Crippen molar-refractivity contribution < 1.29 is 4.42 Å². The van der Waals surface area contributed by atoms with E-state index in [2.05, 4.69) is 25.5 Å². The third kappa shape index (κ3) is 3.02. The Bertz CT molecular complexity index is 1290. The SMILES string of the molecule is O=c1[nH]c(CSc2nnnn2Cc2cccs2)nc2c1oc1ccccc12. The molecule has 0 saturated carbocycles. The minimum atomic E-state index is -0.287. The molecule has 0 amide bonds. The second kappa shape index (κ2) is 6.63. The van der Waals surface area contributed by atoms with Gasteiger partial charge in [0.15, 0.2) is 0 Å². The van der Waals surface area contributed by atoms with Crippen molar-refractivity contribution in [2.45, 2.75) is 17.5 Å². The van der Waals surface area contributed by atoms with Gasteiger partial charge < -0.3 is 9.40 Å². The quantitative estimate of drug-likeness (QED) is 0.455. The minimum absolute atomic E-state index is 0.243. The van der Waals surface area contributed by atoms with E-state index in [0.29, 0.717) is 34.4 Å². The predicted molar refractivity (Wildman–Crippen MR) is 103 cm³/mol. The number of aromatic nitrogens is 6. The Morgan fingerprint density at radius 2 is 2.15 bits per heavy atom. The second-order valence-electron chi connectivity index (χ2n) is 5.78. The van der Waals surface area contributed by atoms with Gasteiger partial charge in [0.1, 0.15) is 16.9 Å². The van der Waals surface area contributed by atoms with Crippen LogP contribution >= 0.6 is 23.1 Å². The molecule has 5 rings (SSSR count). The maximum Gasteiger partial charge on any atom is 0.294 e. The molecule has 8 nitrogen and oxygen atoms in total. The Hall–Kier alpha value is -2.98. The third-order valence-electron chi connectivity index (χ3n) is 4.00. The van der Waals surface area contributed by atoms with E-state index in [9.17, 15) is 4.79 Å². The summed E-state index contributed by atoms with van der Waals surface area (Å²) in [6, 6.07) is 11.5. The van der Waals surface area contributed by atoms with Crippen LogP contribution in [0, 0.1) is 0 Å². The maximum absolute atomic E-state index is 12.4. The molecule has 0 bridgehead atoms. The molecule has 0 saturated heterocycles. The molecule has 0 aliphatic rings. The number of aromatic amines is 1. The van der Waals surface area contributed by atoms with Crippen molar-refractivity contribution in [1.82, 2.24) is 30.2 Å². The van der Waals surface area contributed by atoms with Gasteiger partial charge in [-0.25, -0.2) is 9.67 Å². The van der Waals surface area contributed by atoms with Crippen molar-refractivity contribution in [3.05, 3.63) is 62.8 Å². The van der Waals surface area contributed by atoms with E-state index in [0.717, 1.165) is 5.39 Å².